The number of nitrogens with zero attached hydrogens (tertiary/aromatic N) is 2. The number of hydrogen-bond donors (Lipinski definition) is 2. The molecule has 23 heavy (non-hydrogen) atoms. The second-order valence-corrected chi connectivity index (χ2v) is 9.03. The first-order valence-electron chi connectivity index (χ1n) is 9.14. The lowest BCUT2D eigenvalue weighted by atomic mass is 9.70. The number of aromatic nitrogens is 3. The van der Waals surface area contributed by atoms with Gasteiger partial charge in [0.25, 0.3) is 0 Å². The Bertz CT molecular complexity index is 585. The highest BCUT2D eigenvalue weighted by Crippen LogP contribution is 2.53. The van der Waals surface area contributed by atoms with Crippen LogP contribution in [0.5, 0.6) is 0 Å². The van der Waals surface area contributed by atoms with Gasteiger partial charge in [-0.3, -0.25) is 9.78 Å². The van der Waals surface area contributed by atoms with Crippen molar-refractivity contribution in [3.8, 4) is 0 Å². The number of rotatable bonds is 4. The monoisotopic (exact) mass is 337 g/mol. The van der Waals surface area contributed by atoms with E-state index in [2.05, 4.69) is 30.9 Å². The lowest BCUT2D eigenvalue weighted by Gasteiger charge is -2.42. The standard InChI is InChI=1S/C18H31N3OS/c1-13-4-6-14(7-5-13)10-15-8-9-17(2,3)18(15,22)11-21-16(23)19-12-20-21/h12-15,22H,4-11H2,1-3H3,(H,19,20,23). The lowest BCUT2D eigenvalue weighted by molar-refractivity contribution is -0.0971. The van der Waals surface area contributed by atoms with Crippen molar-refractivity contribution in [2.24, 2.45) is 23.2 Å². The minimum atomic E-state index is -0.708. The predicted molar refractivity (Wildman–Crippen MR) is 94.6 cm³/mol. The molecule has 2 aliphatic rings. The quantitative estimate of drug-likeness (QED) is 0.804. The smallest absolute Gasteiger partial charge is 0.215 e. The van der Waals surface area contributed by atoms with Crippen molar-refractivity contribution >= 4 is 12.2 Å². The van der Waals surface area contributed by atoms with Crippen molar-refractivity contribution < 1.29 is 5.11 Å². The maximum Gasteiger partial charge on any atom is 0.215 e. The lowest BCUT2D eigenvalue weighted by Crippen LogP contribution is -2.49. The van der Waals surface area contributed by atoms with Crippen LogP contribution in [0.3, 0.4) is 0 Å². The van der Waals surface area contributed by atoms with Crippen LogP contribution < -0.4 is 0 Å². The van der Waals surface area contributed by atoms with E-state index in [9.17, 15) is 5.11 Å². The van der Waals surface area contributed by atoms with Crippen LogP contribution in [0.1, 0.15) is 65.7 Å². The molecule has 5 heteroatoms. The molecular weight excluding hydrogens is 306 g/mol. The predicted octanol–water partition coefficient (Wildman–Crippen LogP) is 4.32. The van der Waals surface area contributed by atoms with E-state index in [0.29, 0.717) is 17.2 Å². The summed E-state index contributed by atoms with van der Waals surface area (Å²) in [5.41, 5.74) is -0.791. The zero-order valence-corrected chi connectivity index (χ0v) is 15.5. The Morgan fingerprint density at radius 2 is 2.00 bits per heavy atom. The molecule has 2 aliphatic carbocycles. The van der Waals surface area contributed by atoms with E-state index in [4.69, 9.17) is 12.2 Å². The molecule has 0 bridgehead atoms. The van der Waals surface area contributed by atoms with Gasteiger partial charge in [0.05, 0.1) is 12.1 Å². The molecule has 4 nitrogen and oxygen atoms in total. The molecule has 0 saturated heterocycles. The average molecular weight is 338 g/mol. The molecule has 2 saturated carbocycles. The van der Waals surface area contributed by atoms with E-state index in [-0.39, 0.29) is 5.41 Å². The van der Waals surface area contributed by atoms with Crippen molar-refractivity contribution in [2.45, 2.75) is 77.9 Å². The summed E-state index contributed by atoms with van der Waals surface area (Å²) in [4.78, 5) is 4.10. The zero-order chi connectivity index (χ0) is 16.7. The van der Waals surface area contributed by atoms with Crippen molar-refractivity contribution in [2.75, 3.05) is 0 Å². The number of aliphatic hydroxyl groups is 1. The van der Waals surface area contributed by atoms with Gasteiger partial charge in [-0.2, -0.15) is 0 Å². The fraction of sp³-hybridized carbons (Fsp3) is 0.889. The Balaban J connectivity index is 1.76. The molecule has 1 heterocycles. The first kappa shape index (κ1) is 17.2. The van der Waals surface area contributed by atoms with Crippen molar-refractivity contribution in [1.82, 2.24) is 14.8 Å². The summed E-state index contributed by atoms with van der Waals surface area (Å²) in [6.45, 7) is 7.31. The first-order valence-corrected chi connectivity index (χ1v) is 9.55. The summed E-state index contributed by atoms with van der Waals surface area (Å²) < 4.78 is 2.37. The van der Waals surface area contributed by atoms with E-state index < -0.39 is 5.60 Å². The van der Waals surface area contributed by atoms with Crippen LogP contribution in [0.15, 0.2) is 6.33 Å². The van der Waals surface area contributed by atoms with Crippen LogP contribution in [0.25, 0.3) is 0 Å². The van der Waals surface area contributed by atoms with Crippen LogP contribution in [0, 0.1) is 27.9 Å². The summed E-state index contributed by atoms with van der Waals surface area (Å²) >= 11 is 5.27. The van der Waals surface area contributed by atoms with Gasteiger partial charge in [-0.15, -0.1) is 0 Å². The van der Waals surface area contributed by atoms with Gasteiger partial charge >= 0.3 is 0 Å². The van der Waals surface area contributed by atoms with E-state index in [1.54, 1.807) is 6.33 Å². The van der Waals surface area contributed by atoms with Crippen LogP contribution in [0.2, 0.25) is 0 Å². The topological polar surface area (TPSA) is 53.8 Å². The Labute approximate surface area is 144 Å². The number of aromatic amines is 1. The van der Waals surface area contributed by atoms with Gasteiger partial charge in [-0.1, -0.05) is 46.5 Å². The van der Waals surface area contributed by atoms with Gasteiger partial charge in [0.1, 0.15) is 6.33 Å². The summed E-state index contributed by atoms with van der Waals surface area (Å²) in [6, 6.07) is 0. The van der Waals surface area contributed by atoms with Crippen LogP contribution in [0.4, 0.5) is 0 Å². The fourth-order valence-electron chi connectivity index (χ4n) is 4.80. The molecule has 0 aliphatic heterocycles. The Morgan fingerprint density at radius 3 is 2.61 bits per heavy atom. The maximum atomic E-state index is 11.6. The highest BCUT2D eigenvalue weighted by atomic mass is 32.1. The van der Waals surface area contributed by atoms with E-state index in [1.807, 2.05) is 4.68 Å². The van der Waals surface area contributed by atoms with Crippen molar-refractivity contribution in [1.29, 1.82) is 0 Å². The fourth-order valence-corrected chi connectivity index (χ4v) is 4.97. The van der Waals surface area contributed by atoms with E-state index >= 15 is 0 Å². The highest BCUT2D eigenvalue weighted by Gasteiger charge is 2.54. The van der Waals surface area contributed by atoms with Crippen molar-refractivity contribution in [3.63, 3.8) is 0 Å². The summed E-state index contributed by atoms with van der Waals surface area (Å²) in [5, 5.41) is 14.7. The summed E-state index contributed by atoms with van der Waals surface area (Å²) in [6.07, 6.45) is 10.3. The molecule has 1 aromatic heterocycles. The second-order valence-electron chi connectivity index (χ2n) is 8.66. The van der Waals surface area contributed by atoms with Crippen LogP contribution >= 0.6 is 12.2 Å². The molecule has 0 radical (unpaired) electrons. The third-order valence-corrected chi connectivity index (χ3v) is 7.06. The molecule has 2 fully saturated rings. The van der Waals surface area contributed by atoms with Gasteiger partial charge in [0, 0.05) is 0 Å². The van der Waals surface area contributed by atoms with Gasteiger partial charge < -0.3 is 5.11 Å². The van der Waals surface area contributed by atoms with Gasteiger partial charge in [0.15, 0.2) is 0 Å². The zero-order valence-electron chi connectivity index (χ0n) is 14.7. The molecule has 0 aromatic carbocycles. The van der Waals surface area contributed by atoms with E-state index in [0.717, 1.165) is 31.1 Å². The molecule has 1 aromatic rings. The first-order chi connectivity index (χ1) is 10.8. The van der Waals surface area contributed by atoms with Crippen molar-refractivity contribution in [3.05, 3.63) is 11.1 Å². The number of nitrogens with one attached hydrogen (secondary N) is 1. The number of hydrogen-bond acceptors (Lipinski definition) is 3. The van der Waals surface area contributed by atoms with Gasteiger partial charge in [-0.25, -0.2) is 4.98 Å². The minimum Gasteiger partial charge on any atom is -0.387 e. The molecule has 2 unspecified atom stereocenters. The molecule has 130 valence electrons. The molecule has 0 amide bonds. The highest BCUT2D eigenvalue weighted by molar-refractivity contribution is 7.71. The largest absolute Gasteiger partial charge is 0.387 e. The Kier molecular flexibility index (Phi) is 4.71. The van der Waals surface area contributed by atoms with Crippen LogP contribution in [-0.4, -0.2) is 25.5 Å². The Hall–Kier alpha value is -0.680. The summed E-state index contributed by atoms with van der Waals surface area (Å²) in [7, 11) is 0. The normalized spacial score (nSPS) is 37.1. The molecule has 3 rings (SSSR count). The molecule has 2 atom stereocenters. The summed E-state index contributed by atoms with van der Waals surface area (Å²) in [5.74, 6) is 2.03. The van der Waals surface area contributed by atoms with E-state index in [1.165, 1.54) is 25.7 Å². The van der Waals surface area contributed by atoms with Crippen LogP contribution in [-0.2, 0) is 6.54 Å². The molecule has 2 N–H and O–H groups in total. The average Bonchev–Trinajstić information content (AvgIpc) is 2.98. The number of H-pyrrole nitrogens is 1. The third kappa shape index (κ3) is 3.27. The Morgan fingerprint density at radius 1 is 1.30 bits per heavy atom. The molecule has 0 spiro atoms. The SMILES string of the molecule is CC1CCC(CC2CCC(C)(C)C2(O)Cn2[nH]cnc2=S)CC1. The van der Waals surface area contributed by atoms with Gasteiger partial charge in [-0.05, 0) is 54.6 Å². The van der Waals surface area contributed by atoms with Gasteiger partial charge in [0.2, 0.25) is 4.77 Å². The minimum absolute atomic E-state index is 0.0838. The third-order valence-electron chi connectivity index (χ3n) is 6.74. The molecular formula is C18H31N3OS. The maximum absolute atomic E-state index is 11.6. The second kappa shape index (κ2) is 6.32.